The molecule has 1 heterocycles. The number of carboxylic acid groups (broad SMARTS) is 1. The number of halogens is 4. The van der Waals surface area contributed by atoms with Gasteiger partial charge in [-0.15, -0.1) is 10.2 Å². The number of aliphatic carboxylic acids is 1. The van der Waals surface area contributed by atoms with Crippen LogP contribution in [0.15, 0.2) is 36.4 Å². The van der Waals surface area contributed by atoms with Gasteiger partial charge >= 0.3 is 5.97 Å². The van der Waals surface area contributed by atoms with Gasteiger partial charge in [-0.2, -0.15) is 0 Å². The number of carbonyl (C=O) groups is 4. The molecule has 0 aliphatic carbocycles. The smallest absolute Gasteiger partial charge is 0.326 e. The van der Waals surface area contributed by atoms with Crippen molar-refractivity contribution < 1.29 is 47.0 Å². The molecular weight excluding hydrogens is 670 g/mol. The molecule has 16 heteroatoms. The largest absolute Gasteiger partial charge is 0.480 e. The van der Waals surface area contributed by atoms with Crippen LogP contribution in [-0.4, -0.2) is 62.8 Å². The van der Waals surface area contributed by atoms with Gasteiger partial charge in [-0.3, -0.25) is 19.7 Å². The molecule has 2 atom stereocenters. The maximum atomic E-state index is 13.3. The summed E-state index contributed by atoms with van der Waals surface area (Å²) < 4.78 is 52.5. The first-order valence-electron chi connectivity index (χ1n) is 15.5. The highest BCUT2D eigenvalue weighted by atomic mass is 32.1. The zero-order valence-electron chi connectivity index (χ0n) is 27.6. The lowest BCUT2D eigenvalue weighted by molar-refractivity contribution is -0.142. The van der Waals surface area contributed by atoms with Crippen molar-refractivity contribution in [2.24, 2.45) is 0 Å². The van der Waals surface area contributed by atoms with Crippen LogP contribution < -0.4 is 16.0 Å². The van der Waals surface area contributed by atoms with Crippen molar-refractivity contribution in [2.45, 2.75) is 90.1 Å². The van der Waals surface area contributed by atoms with Gasteiger partial charge < -0.3 is 20.8 Å². The van der Waals surface area contributed by atoms with Gasteiger partial charge in [0.25, 0.3) is 0 Å². The summed E-state index contributed by atoms with van der Waals surface area (Å²) >= 11 is 1.21. The van der Waals surface area contributed by atoms with Crippen LogP contribution in [0.5, 0.6) is 0 Å². The molecule has 0 saturated heterocycles. The van der Waals surface area contributed by atoms with Gasteiger partial charge in [0.05, 0.1) is 12.8 Å². The first-order chi connectivity index (χ1) is 23.1. The van der Waals surface area contributed by atoms with E-state index in [1.165, 1.54) is 11.3 Å². The van der Waals surface area contributed by atoms with Crippen molar-refractivity contribution in [3.8, 4) is 0 Å². The maximum Gasteiger partial charge on any atom is 0.326 e. The minimum Gasteiger partial charge on any atom is -0.480 e. The van der Waals surface area contributed by atoms with Gasteiger partial charge in [-0.05, 0) is 54.7 Å². The average Bonchev–Trinajstić information content (AvgIpc) is 3.45. The van der Waals surface area contributed by atoms with Crippen molar-refractivity contribution in [3.05, 3.63) is 75.8 Å². The number of rotatable bonds is 16. The predicted octanol–water partition coefficient (Wildman–Crippen LogP) is 4.82. The molecule has 0 aliphatic heterocycles. The van der Waals surface area contributed by atoms with Crippen molar-refractivity contribution in [1.29, 1.82) is 0 Å². The number of benzene rings is 2. The fourth-order valence-electron chi connectivity index (χ4n) is 4.52. The average molecular weight is 712 g/mol. The lowest BCUT2D eigenvalue weighted by Gasteiger charge is -2.19. The number of aliphatic hydroxyl groups is 1. The zero-order valence-corrected chi connectivity index (χ0v) is 28.4. The first kappa shape index (κ1) is 40.7. The Balaban J connectivity index is 0.000000377. The van der Waals surface area contributed by atoms with E-state index in [0.29, 0.717) is 48.3 Å². The summed E-state index contributed by atoms with van der Waals surface area (Å²) in [7, 11) is 0. The Labute approximate surface area is 285 Å². The molecular formula is C33H41F4N5O6S. The van der Waals surface area contributed by atoms with E-state index in [1.807, 2.05) is 20.8 Å². The molecule has 3 aromatic rings. The van der Waals surface area contributed by atoms with E-state index in [4.69, 9.17) is 5.11 Å². The Kier molecular flexibility index (Phi) is 16.2. The molecule has 1 aromatic heterocycles. The van der Waals surface area contributed by atoms with Crippen molar-refractivity contribution >= 4 is 40.2 Å². The number of hydrogen-bond acceptors (Lipinski definition) is 8. The van der Waals surface area contributed by atoms with Crippen LogP contribution in [0.1, 0.15) is 75.9 Å². The summed E-state index contributed by atoms with van der Waals surface area (Å²) in [4.78, 5) is 47.4. The van der Waals surface area contributed by atoms with Gasteiger partial charge in [0.15, 0.2) is 0 Å². The second kappa shape index (κ2) is 19.5. The first-order valence-corrected chi connectivity index (χ1v) is 16.4. The van der Waals surface area contributed by atoms with E-state index in [9.17, 15) is 41.8 Å². The van der Waals surface area contributed by atoms with Crippen molar-refractivity contribution in [1.82, 2.24) is 20.8 Å². The van der Waals surface area contributed by atoms with Gasteiger partial charge in [-0.25, -0.2) is 22.4 Å². The number of aromatic nitrogens is 2. The van der Waals surface area contributed by atoms with E-state index in [2.05, 4.69) is 26.1 Å². The molecule has 268 valence electrons. The molecule has 0 bridgehead atoms. The highest BCUT2D eigenvalue weighted by Gasteiger charge is 2.27. The Hall–Kier alpha value is -4.44. The SMILES string of the molecule is CCCC(NC(=O)Cc1cc(F)cc(F)c1)C(=O)Nc1nnc(C(C)(C)CCO)s1.CCCC(NC(=O)Cc1cc(F)cc(F)c1)C(=O)O. The van der Waals surface area contributed by atoms with E-state index >= 15 is 0 Å². The molecule has 2 unspecified atom stereocenters. The van der Waals surface area contributed by atoms with E-state index < -0.39 is 59.0 Å². The molecule has 5 N–H and O–H groups in total. The second-order valence-electron chi connectivity index (χ2n) is 11.8. The third-order valence-electron chi connectivity index (χ3n) is 6.98. The Morgan fingerprint density at radius 2 is 1.22 bits per heavy atom. The summed E-state index contributed by atoms with van der Waals surface area (Å²) in [6.45, 7) is 7.52. The highest BCUT2D eigenvalue weighted by Crippen LogP contribution is 2.31. The van der Waals surface area contributed by atoms with Crippen LogP contribution in [-0.2, 0) is 37.4 Å². The quantitative estimate of drug-likeness (QED) is 0.132. The Morgan fingerprint density at radius 1 is 0.776 bits per heavy atom. The number of nitrogens with one attached hydrogen (secondary N) is 3. The van der Waals surface area contributed by atoms with E-state index in [1.54, 1.807) is 6.92 Å². The normalized spacial score (nSPS) is 12.3. The third kappa shape index (κ3) is 14.3. The van der Waals surface area contributed by atoms with Crippen LogP contribution >= 0.6 is 11.3 Å². The third-order valence-corrected chi connectivity index (χ3v) is 8.19. The van der Waals surface area contributed by atoms with Crippen molar-refractivity contribution in [2.75, 3.05) is 11.9 Å². The summed E-state index contributed by atoms with van der Waals surface area (Å²) in [6, 6.07) is 3.87. The van der Waals surface area contributed by atoms with Crippen LogP contribution in [0.4, 0.5) is 22.7 Å². The Bertz CT molecular complexity index is 1550. The molecule has 0 spiro atoms. The van der Waals surface area contributed by atoms with Crippen LogP contribution in [0.3, 0.4) is 0 Å². The topological polar surface area (TPSA) is 171 Å². The maximum absolute atomic E-state index is 13.3. The number of nitrogens with zero attached hydrogens (tertiary/aromatic N) is 2. The summed E-state index contributed by atoms with van der Waals surface area (Å²) in [5.41, 5.74) is -0.0386. The fraction of sp³-hybridized carbons (Fsp3) is 0.455. The number of aliphatic hydroxyl groups excluding tert-OH is 1. The molecule has 0 fully saturated rings. The molecule has 0 aliphatic rings. The summed E-state index contributed by atoms with van der Waals surface area (Å²) in [5.74, 6) is -5.74. The molecule has 0 saturated carbocycles. The van der Waals surface area contributed by atoms with Gasteiger partial charge in [0.1, 0.15) is 40.4 Å². The number of anilines is 1. The van der Waals surface area contributed by atoms with Crippen LogP contribution in [0.25, 0.3) is 0 Å². The van der Waals surface area contributed by atoms with Crippen LogP contribution in [0, 0.1) is 23.3 Å². The standard InChI is InChI=1S/C20H26F2N4O3S.C13H15F2NO3/c1-4-5-15(23-16(28)10-12-8-13(21)11-14(22)9-12)17(29)24-19-26-25-18(30-19)20(2,3)6-7-27;1-2-3-11(13(18)19)16-12(17)6-8-4-9(14)7-10(15)5-8/h8-9,11,15,27H,4-7,10H2,1-3H3,(H,23,28)(H,24,26,29);4-5,7,11H,2-3,6H2,1H3,(H,16,17)(H,18,19). The molecule has 0 radical (unpaired) electrons. The number of hydrogen-bond donors (Lipinski definition) is 5. The predicted molar refractivity (Wildman–Crippen MR) is 175 cm³/mol. The number of carbonyl (C=O) groups excluding carboxylic acids is 3. The molecule has 49 heavy (non-hydrogen) atoms. The van der Waals surface area contributed by atoms with Crippen LogP contribution in [0.2, 0.25) is 0 Å². The fourth-order valence-corrected chi connectivity index (χ4v) is 5.39. The van der Waals surface area contributed by atoms with E-state index in [0.717, 1.165) is 30.3 Å². The number of carboxylic acids is 1. The molecule has 3 rings (SSSR count). The summed E-state index contributed by atoms with van der Waals surface area (Å²) in [6.07, 6.45) is 1.92. The second-order valence-corrected chi connectivity index (χ2v) is 12.8. The van der Waals surface area contributed by atoms with E-state index in [-0.39, 0.29) is 36.0 Å². The lowest BCUT2D eigenvalue weighted by Crippen LogP contribution is -2.44. The van der Waals surface area contributed by atoms with Gasteiger partial charge in [0.2, 0.25) is 22.9 Å². The molecule has 2 aromatic carbocycles. The zero-order chi connectivity index (χ0) is 36.7. The summed E-state index contributed by atoms with van der Waals surface area (Å²) in [5, 5.41) is 34.7. The van der Waals surface area contributed by atoms with Gasteiger partial charge in [-0.1, -0.05) is 51.9 Å². The Morgan fingerprint density at radius 3 is 1.65 bits per heavy atom. The van der Waals surface area contributed by atoms with Crippen molar-refractivity contribution in [3.63, 3.8) is 0 Å². The van der Waals surface area contributed by atoms with Gasteiger partial charge in [0, 0.05) is 24.2 Å². The lowest BCUT2D eigenvalue weighted by atomic mass is 9.91. The minimum absolute atomic E-state index is 0.00803. The molecule has 3 amide bonds. The highest BCUT2D eigenvalue weighted by molar-refractivity contribution is 7.15. The minimum atomic E-state index is -1.12. The monoisotopic (exact) mass is 711 g/mol. The number of amides is 3. The molecule has 11 nitrogen and oxygen atoms in total.